The molecule has 0 aliphatic carbocycles. The predicted molar refractivity (Wildman–Crippen MR) is 200 cm³/mol. The number of unbranched alkanes of at least 4 members (excludes halogenated alkanes) is 1. The summed E-state index contributed by atoms with van der Waals surface area (Å²) >= 11 is 0. The van der Waals surface area contributed by atoms with Gasteiger partial charge in [0.1, 0.15) is 41.0 Å². The first-order chi connectivity index (χ1) is 25.8. The van der Waals surface area contributed by atoms with E-state index in [1.165, 1.54) is 30.3 Å². The van der Waals surface area contributed by atoms with E-state index >= 15 is 0 Å². The number of rotatable bonds is 18. The highest BCUT2D eigenvalue weighted by Gasteiger charge is 2.10. The second-order valence-corrected chi connectivity index (χ2v) is 12.4. The number of benzene rings is 4. The number of ether oxygens (including phenoxy) is 3. The molecule has 2 heterocycles. The predicted octanol–water partition coefficient (Wildman–Crippen LogP) is 7.85. The maximum Gasteiger partial charge on any atom is 0.193 e. The van der Waals surface area contributed by atoms with Crippen LogP contribution in [0.3, 0.4) is 0 Å². The van der Waals surface area contributed by atoms with Crippen molar-refractivity contribution in [2.24, 2.45) is 0 Å². The molecule has 0 aliphatic rings. The Bertz CT molecular complexity index is 2230. The van der Waals surface area contributed by atoms with E-state index < -0.39 is 5.82 Å². The van der Waals surface area contributed by atoms with E-state index in [9.17, 15) is 19.1 Å². The Morgan fingerprint density at radius 3 is 2.45 bits per heavy atom. The van der Waals surface area contributed by atoms with Crippen LogP contribution in [-0.2, 0) is 24.1 Å². The Labute approximate surface area is 306 Å². The van der Waals surface area contributed by atoms with E-state index in [-0.39, 0.29) is 22.3 Å². The van der Waals surface area contributed by atoms with Crippen LogP contribution in [0.5, 0.6) is 17.2 Å². The lowest BCUT2D eigenvalue weighted by Crippen LogP contribution is -2.11. The molecule has 0 bridgehead atoms. The van der Waals surface area contributed by atoms with E-state index in [1.807, 2.05) is 43.5 Å². The minimum Gasteiger partial charge on any atom is -0.507 e. The number of ketones is 1. The number of phenols is 1. The Kier molecular flexibility index (Phi) is 12.4. The molecule has 6 aromatic rings. The summed E-state index contributed by atoms with van der Waals surface area (Å²) in [6.45, 7) is 4.37. The zero-order chi connectivity index (χ0) is 37.0. The molecule has 272 valence electrons. The summed E-state index contributed by atoms with van der Waals surface area (Å²) in [6.07, 6.45) is 8.46. The van der Waals surface area contributed by atoms with Gasteiger partial charge in [-0.2, -0.15) is 0 Å². The van der Waals surface area contributed by atoms with Gasteiger partial charge in [0.25, 0.3) is 0 Å². The summed E-state index contributed by atoms with van der Waals surface area (Å²) in [5, 5.41) is 18.7. The molecular formula is C42H40FN3O7. The highest BCUT2D eigenvalue weighted by molar-refractivity contribution is 6.08. The van der Waals surface area contributed by atoms with Crippen LogP contribution in [-0.4, -0.2) is 52.3 Å². The van der Waals surface area contributed by atoms with Crippen molar-refractivity contribution in [2.75, 3.05) is 26.4 Å². The molecule has 6 rings (SSSR count). The summed E-state index contributed by atoms with van der Waals surface area (Å²) in [6, 6.07) is 25.0. The van der Waals surface area contributed by atoms with E-state index in [0.717, 1.165) is 48.3 Å². The van der Waals surface area contributed by atoms with E-state index in [2.05, 4.69) is 10.3 Å². The van der Waals surface area contributed by atoms with Gasteiger partial charge in [0, 0.05) is 17.8 Å². The van der Waals surface area contributed by atoms with Crippen LogP contribution >= 0.6 is 0 Å². The van der Waals surface area contributed by atoms with Crippen molar-refractivity contribution < 1.29 is 32.9 Å². The van der Waals surface area contributed by atoms with Crippen molar-refractivity contribution in [2.45, 2.75) is 39.2 Å². The largest absolute Gasteiger partial charge is 0.507 e. The maximum atomic E-state index is 13.5. The van der Waals surface area contributed by atoms with Gasteiger partial charge in [-0.15, -0.1) is 5.10 Å². The minimum absolute atomic E-state index is 0.0174. The zero-order valence-corrected chi connectivity index (χ0v) is 29.4. The Morgan fingerprint density at radius 1 is 0.887 bits per heavy atom. The molecule has 53 heavy (non-hydrogen) atoms. The topological polar surface area (TPSA) is 126 Å². The Hall–Kier alpha value is -6.07. The number of aryl methyl sites for hydroxylation is 2. The first-order valence-electron chi connectivity index (χ1n) is 17.5. The third-order valence-corrected chi connectivity index (χ3v) is 8.51. The van der Waals surface area contributed by atoms with Crippen molar-refractivity contribution in [3.8, 4) is 28.6 Å². The lowest BCUT2D eigenvalue weighted by molar-refractivity contribution is 0.0923. The third-order valence-electron chi connectivity index (χ3n) is 8.51. The number of aromatic hydroxyl groups is 1. The number of phenolic OH excluding ortho intramolecular Hbond substituents is 1. The molecule has 2 aromatic heterocycles. The van der Waals surface area contributed by atoms with Crippen LogP contribution in [0, 0.1) is 5.82 Å². The number of aromatic nitrogens is 3. The third kappa shape index (κ3) is 10.3. The molecule has 11 heteroatoms. The molecule has 0 unspecified atom stereocenters. The number of carbonyl (C=O) groups excluding carboxylic acids is 1. The highest BCUT2D eigenvalue weighted by atomic mass is 19.1. The summed E-state index contributed by atoms with van der Waals surface area (Å²) in [5.74, 6) is 1.06. The molecule has 4 aromatic carbocycles. The second-order valence-electron chi connectivity index (χ2n) is 12.4. The number of hydrogen-bond acceptors (Lipinski definition) is 9. The first-order valence-corrected chi connectivity index (χ1v) is 17.5. The van der Waals surface area contributed by atoms with Gasteiger partial charge >= 0.3 is 0 Å². The number of fused-ring (bicyclic) bond motifs is 1. The number of halogens is 1. The van der Waals surface area contributed by atoms with Crippen LogP contribution in [0.25, 0.3) is 28.4 Å². The van der Waals surface area contributed by atoms with Gasteiger partial charge in [-0.25, -0.2) is 9.07 Å². The normalized spacial score (nSPS) is 11.4. The fourth-order valence-electron chi connectivity index (χ4n) is 5.56. The van der Waals surface area contributed by atoms with Gasteiger partial charge in [-0.05, 0) is 110 Å². The Balaban J connectivity index is 0.830. The molecule has 0 amide bonds. The molecular weight excluding hydrogens is 677 g/mol. The van der Waals surface area contributed by atoms with Crippen molar-refractivity contribution in [3.63, 3.8) is 0 Å². The second kappa shape index (κ2) is 17.9. The summed E-state index contributed by atoms with van der Waals surface area (Å²) in [5.41, 5.74) is 3.80. The van der Waals surface area contributed by atoms with Gasteiger partial charge in [0.15, 0.2) is 11.2 Å². The van der Waals surface area contributed by atoms with Crippen molar-refractivity contribution in [3.05, 3.63) is 142 Å². The van der Waals surface area contributed by atoms with Gasteiger partial charge in [0.2, 0.25) is 0 Å². The van der Waals surface area contributed by atoms with Gasteiger partial charge in [-0.3, -0.25) is 9.59 Å². The van der Waals surface area contributed by atoms with Gasteiger partial charge in [-0.1, -0.05) is 36.4 Å². The average Bonchev–Trinajstić information content (AvgIpc) is 3.63. The molecule has 0 atom stereocenters. The van der Waals surface area contributed by atoms with Crippen molar-refractivity contribution in [1.82, 2.24) is 15.0 Å². The fourth-order valence-corrected chi connectivity index (χ4v) is 5.56. The molecule has 0 spiro atoms. The van der Waals surface area contributed by atoms with Crippen LogP contribution in [0.1, 0.15) is 46.9 Å². The van der Waals surface area contributed by atoms with Crippen LogP contribution in [0.2, 0.25) is 0 Å². The molecule has 0 saturated heterocycles. The van der Waals surface area contributed by atoms with Gasteiger partial charge < -0.3 is 23.7 Å². The molecule has 0 saturated carbocycles. The monoisotopic (exact) mass is 717 g/mol. The lowest BCUT2D eigenvalue weighted by atomic mass is 10.0. The van der Waals surface area contributed by atoms with E-state index in [0.29, 0.717) is 61.2 Å². The van der Waals surface area contributed by atoms with Crippen molar-refractivity contribution in [1.29, 1.82) is 0 Å². The number of allylic oxidation sites excluding steroid dienone is 1. The molecule has 0 radical (unpaired) electrons. The molecule has 1 N–H and O–H groups in total. The fraction of sp³-hybridized carbons (Fsp3) is 0.238. The molecule has 0 fully saturated rings. The minimum atomic E-state index is -0.484. The average molecular weight is 718 g/mol. The quantitative estimate of drug-likeness (QED) is 0.0538. The SMILES string of the molecule is CCc1ccc(O)c(C(=O)/C=C/c2ccc(OCCCCc3cn(CCOCCOc4ccc(-c5cc(=O)c6cc(F)ccc6o5)cc4)nn3)cc2)c1. The number of carbonyl (C=O) groups is 1. The maximum absolute atomic E-state index is 13.5. The van der Waals surface area contributed by atoms with Crippen LogP contribution < -0.4 is 14.9 Å². The summed E-state index contributed by atoms with van der Waals surface area (Å²) in [4.78, 5) is 25.0. The summed E-state index contributed by atoms with van der Waals surface area (Å²) < 4.78 is 38.4. The van der Waals surface area contributed by atoms with Crippen LogP contribution in [0.4, 0.5) is 4.39 Å². The van der Waals surface area contributed by atoms with E-state index in [4.69, 9.17) is 18.6 Å². The number of nitrogens with zero attached hydrogens (tertiary/aromatic N) is 3. The summed E-state index contributed by atoms with van der Waals surface area (Å²) in [7, 11) is 0. The zero-order valence-electron chi connectivity index (χ0n) is 29.4. The van der Waals surface area contributed by atoms with Crippen LogP contribution in [0.15, 0.2) is 112 Å². The standard InChI is InChI=1S/C42H40FN3O7/c1-2-29-8-17-38(47)36(25-29)39(48)18-9-30-6-13-34(14-7-30)51-21-4-3-5-33-28-46(45-44-33)20-22-50-23-24-52-35-15-10-31(11-16-35)42-27-40(49)37-26-32(43)12-19-41(37)53-42/h6-19,25-28,47H,2-5,20-24H2,1H3/b18-9+. The molecule has 0 aliphatic heterocycles. The Morgan fingerprint density at radius 2 is 1.66 bits per heavy atom. The molecule has 10 nitrogen and oxygen atoms in total. The smallest absolute Gasteiger partial charge is 0.193 e. The van der Waals surface area contributed by atoms with E-state index in [1.54, 1.807) is 47.2 Å². The first kappa shape index (κ1) is 36.7. The van der Waals surface area contributed by atoms with Gasteiger partial charge in [0.05, 0.1) is 43.0 Å². The highest BCUT2D eigenvalue weighted by Crippen LogP contribution is 2.25. The lowest BCUT2D eigenvalue weighted by Gasteiger charge is -2.08. The van der Waals surface area contributed by atoms with Crippen molar-refractivity contribution >= 4 is 22.8 Å². The number of hydrogen-bond donors (Lipinski definition) is 1.